The second-order valence-corrected chi connectivity index (χ2v) is 7.38. The van der Waals surface area contributed by atoms with Gasteiger partial charge in [0.15, 0.2) is 5.96 Å². The van der Waals surface area contributed by atoms with Gasteiger partial charge in [0.05, 0.1) is 6.10 Å². The Bertz CT molecular complexity index is 579. The molecule has 0 saturated heterocycles. The van der Waals surface area contributed by atoms with E-state index in [4.69, 9.17) is 9.47 Å². The van der Waals surface area contributed by atoms with Crippen LogP contribution in [0, 0.1) is 0 Å². The Hall–Kier alpha value is -1.63. The van der Waals surface area contributed by atoms with Gasteiger partial charge in [0, 0.05) is 53.6 Å². The lowest BCUT2D eigenvalue weighted by Gasteiger charge is -2.25. The van der Waals surface area contributed by atoms with Crippen molar-refractivity contribution in [3.05, 3.63) is 35.4 Å². The quantitative estimate of drug-likeness (QED) is 0.326. The zero-order valence-electron chi connectivity index (χ0n) is 17.9. The zero-order valence-corrected chi connectivity index (χ0v) is 17.9. The van der Waals surface area contributed by atoms with Crippen LogP contribution in [0.1, 0.15) is 42.9 Å². The summed E-state index contributed by atoms with van der Waals surface area (Å²) in [7, 11) is 5.69. The molecular formula is C22H38N4O2. The lowest BCUT2D eigenvalue weighted by Crippen LogP contribution is -2.41. The third-order valence-corrected chi connectivity index (χ3v) is 5.14. The second-order valence-electron chi connectivity index (χ2n) is 7.38. The van der Waals surface area contributed by atoms with Gasteiger partial charge in [0.2, 0.25) is 0 Å². The van der Waals surface area contributed by atoms with Gasteiger partial charge in [-0.25, -0.2) is 0 Å². The average Bonchev–Trinajstić information content (AvgIpc) is 2.72. The van der Waals surface area contributed by atoms with Crippen molar-refractivity contribution in [1.29, 1.82) is 0 Å². The number of nitrogens with one attached hydrogen (secondary N) is 2. The standard InChI is InChI=1S/C22H38N4O2/c1-23-22(25-14-16-26(2)15-8-17-27-3)24-13-7-18-28-21-12-6-10-19-9-4-5-11-20(19)21/h4-5,9,11,21H,6-8,10,12-18H2,1-3H3,(H2,23,24,25). The average molecular weight is 391 g/mol. The molecule has 0 fully saturated rings. The molecule has 0 saturated carbocycles. The summed E-state index contributed by atoms with van der Waals surface area (Å²) in [5, 5.41) is 6.74. The second kappa shape index (κ2) is 13.5. The van der Waals surface area contributed by atoms with Gasteiger partial charge >= 0.3 is 0 Å². The van der Waals surface area contributed by atoms with Crippen molar-refractivity contribution < 1.29 is 9.47 Å². The van der Waals surface area contributed by atoms with Crippen molar-refractivity contribution in [1.82, 2.24) is 15.5 Å². The van der Waals surface area contributed by atoms with Gasteiger partial charge in [-0.05, 0) is 50.3 Å². The Morgan fingerprint density at radius 2 is 1.96 bits per heavy atom. The van der Waals surface area contributed by atoms with Gasteiger partial charge < -0.3 is 25.0 Å². The first-order valence-corrected chi connectivity index (χ1v) is 10.6. The van der Waals surface area contributed by atoms with Crippen molar-refractivity contribution in [2.45, 2.75) is 38.2 Å². The number of guanidine groups is 1. The summed E-state index contributed by atoms with van der Waals surface area (Å²) < 4.78 is 11.3. The van der Waals surface area contributed by atoms with Crippen LogP contribution in [-0.2, 0) is 15.9 Å². The topological polar surface area (TPSA) is 58.1 Å². The lowest BCUT2D eigenvalue weighted by atomic mass is 9.89. The van der Waals surface area contributed by atoms with Crippen LogP contribution in [0.4, 0.5) is 0 Å². The molecule has 0 bridgehead atoms. The van der Waals surface area contributed by atoms with E-state index in [-0.39, 0.29) is 6.10 Å². The first-order chi connectivity index (χ1) is 13.7. The molecule has 1 aliphatic carbocycles. The van der Waals surface area contributed by atoms with Crippen molar-refractivity contribution in [2.75, 3.05) is 60.6 Å². The van der Waals surface area contributed by atoms with E-state index in [0.717, 1.165) is 64.6 Å². The summed E-state index contributed by atoms with van der Waals surface area (Å²) in [6.07, 6.45) is 5.82. The van der Waals surface area contributed by atoms with Crippen molar-refractivity contribution in [3.63, 3.8) is 0 Å². The van der Waals surface area contributed by atoms with E-state index in [1.54, 1.807) is 7.11 Å². The molecule has 6 nitrogen and oxygen atoms in total. The Morgan fingerprint density at radius 1 is 1.14 bits per heavy atom. The molecule has 28 heavy (non-hydrogen) atoms. The highest BCUT2D eigenvalue weighted by Gasteiger charge is 2.19. The molecule has 1 aliphatic rings. The Balaban J connectivity index is 1.56. The number of aliphatic imine (C=N–C) groups is 1. The van der Waals surface area contributed by atoms with Crippen LogP contribution >= 0.6 is 0 Å². The van der Waals surface area contributed by atoms with E-state index in [1.165, 1.54) is 24.0 Å². The predicted molar refractivity (Wildman–Crippen MR) is 116 cm³/mol. The highest BCUT2D eigenvalue weighted by atomic mass is 16.5. The molecule has 0 aromatic heterocycles. The molecule has 0 aliphatic heterocycles. The number of benzene rings is 1. The Morgan fingerprint density at radius 3 is 2.79 bits per heavy atom. The number of likely N-dealkylation sites (N-methyl/N-ethyl adjacent to an activating group) is 1. The predicted octanol–water partition coefficient (Wildman–Crippen LogP) is 2.60. The van der Waals surface area contributed by atoms with Gasteiger partial charge in [0.1, 0.15) is 0 Å². The molecule has 1 unspecified atom stereocenters. The van der Waals surface area contributed by atoms with Crippen LogP contribution in [0.5, 0.6) is 0 Å². The van der Waals surface area contributed by atoms with E-state index in [0.29, 0.717) is 0 Å². The summed E-state index contributed by atoms with van der Waals surface area (Å²) in [6.45, 7) is 5.34. The number of hydrogen-bond donors (Lipinski definition) is 2. The molecule has 0 heterocycles. The van der Waals surface area contributed by atoms with Crippen molar-refractivity contribution in [3.8, 4) is 0 Å². The molecule has 158 valence electrons. The van der Waals surface area contributed by atoms with Gasteiger partial charge in [-0.3, -0.25) is 4.99 Å². The van der Waals surface area contributed by atoms with Gasteiger partial charge in [0.25, 0.3) is 0 Å². The first kappa shape index (κ1) is 22.7. The Labute approximate surface area is 170 Å². The Kier molecular flexibility index (Phi) is 10.9. The highest BCUT2D eigenvalue weighted by Crippen LogP contribution is 2.32. The summed E-state index contributed by atoms with van der Waals surface area (Å²) >= 11 is 0. The fourth-order valence-corrected chi connectivity index (χ4v) is 3.56. The minimum atomic E-state index is 0.260. The molecule has 2 rings (SSSR count). The number of rotatable bonds is 12. The molecule has 1 aromatic carbocycles. The lowest BCUT2D eigenvalue weighted by molar-refractivity contribution is 0.0398. The zero-order chi connectivity index (χ0) is 20.0. The van der Waals surface area contributed by atoms with Gasteiger partial charge in [-0.15, -0.1) is 0 Å². The maximum atomic E-state index is 6.17. The number of aryl methyl sites for hydroxylation is 1. The molecule has 0 amide bonds. The molecular weight excluding hydrogens is 352 g/mol. The molecule has 1 atom stereocenters. The largest absolute Gasteiger partial charge is 0.385 e. The molecule has 1 aromatic rings. The molecule has 0 radical (unpaired) electrons. The summed E-state index contributed by atoms with van der Waals surface area (Å²) in [6, 6.07) is 8.69. The van der Waals surface area contributed by atoms with Crippen LogP contribution in [0.25, 0.3) is 0 Å². The fourth-order valence-electron chi connectivity index (χ4n) is 3.56. The van der Waals surface area contributed by atoms with Crippen LogP contribution in [0.3, 0.4) is 0 Å². The van der Waals surface area contributed by atoms with Gasteiger partial charge in [-0.1, -0.05) is 24.3 Å². The summed E-state index contributed by atoms with van der Waals surface area (Å²) in [5.41, 5.74) is 2.84. The van der Waals surface area contributed by atoms with Crippen LogP contribution < -0.4 is 10.6 Å². The minimum Gasteiger partial charge on any atom is -0.385 e. The van der Waals surface area contributed by atoms with Gasteiger partial charge in [-0.2, -0.15) is 0 Å². The van der Waals surface area contributed by atoms with E-state index >= 15 is 0 Å². The van der Waals surface area contributed by atoms with Crippen molar-refractivity contribution >= 4 is 5.96 Å². The van der Waals surface area contributed by atoms with E-state index < -0.39 is 0 Å². The van der Waals surface area contributed by atoms with E-state index in [2.05, 4.69) is 51.8 Å². The fraction of sp³-hybridized carbons (Fsp3) is 0.682. The normalized spacial score (nSPS) is 16.9. The number of methoxy groups -OCH3 is 1. The van der Waals surface area contributed by atoms with Crippen LogP contribution in [0.2, 0.25) is 0 Å². The number of ether oxygens (including phenoxy) is 2. The number of hydrogen-bond acceptors (Lipinski definition) is 4. The van der Waals surface area contributed by atoms with Crippen molar-refractivity contribution in [2.24, 2.45) is 4.99 Å². The third kappa shape index (κ3) is 8.17. The van der Waals surface area contributed by atoms with Crippen LogP contribution in [0.15, 0.2) is 29.3 Å². The third-order valence-electron chi connectivity index (χ3n) is 5.14. The van der Waals surface area contributed by atoms with E-state index in [9.17, 15) is 0 Å². The number of nitrogens with zero attached hydrogens (tertiary/aromatic N) is 2. The maximum Gasteiger partial charge on any atom is 0.191 e. The van der Waals surface area contributed by atoms with Crippen LogP contribution in [-0.4, -0.2) is 71.5 Å². The number of fused-ring (bicyclic) bond motifs is 1. The SMILES string of the molecule is CN=C(NCCCOC1CCCc2ccccc21)NCCN(C)CCCOC. The smallest absolute Gasteiger partial charge is 0.191 e. The van der Waals surface area contributed by atoms with E-state index in [1.807, 2.05) is 7.05 Å². The maximum absolute atomic E-state index is 6.17. The molecule has 2 N–H and O–H groups in total. The summed E-state index contributed by atoms with van der Waals surface area (Å²) in [4.78, 5) is 6.59. The minimum absolute atomic E-state index is 0.260. The first-order valence-electron chi connectivity index (χ1n) is 10.6. The molecule has 0 spiro atoms. The monoisotopic (exact) mass is 390 g/mol. The molecule has 6 heteroatoms. The summed E-state index contributed by atoms with van der Waals surface area (Å²) in [5.74, 6) is 0.855. The highest BCUT2D eigenvalue weighted by molar-refractivity contribution is 5.79.